The van der Waals surface area contributed by atoms with Gasteiger partial charge < -0.3 is 11.1 Å². The van der Waals surface area contributed by atoms with Crippen LogP contribution in [0.5, 0.6) is 0 Å². The third-order valence-electron chi connectivity index (χ3n) is 2.43. The van der Waals surface area contributed by atoms with Crippen molar-refractivity contribution < 1.29 is 4.79 Å². The summed E-state index contributed by atoms with van der Waals surface area (Å²) in [4.78, 5) is 19.9. The van der Waals surface area contributed by atoms with Gasteiger partial charge in [-0.2, -0.15) is 0 Å². The molecule has 0 bridgehead atoms. The summed E-state index contributed by atoms with van der Waals surface area (Å²) in [5.41, 5.74) is 8.04. The van der Waals surface area contributed by atoms with E-state index in [2.05, 4.69) is 15.3 Å². The number of nitrogens with zero attached hydrogens (tertiary/aromatic N) is 2. The van der Waals surface area contributed by atoms with Gasteiger partial charge in [-0.3, -0.25) is 9.78 Å². The van der Waals surface area contributed by atoms with E-state index in [-0.39, 0.29) is 11.7 Å². The number of nitrogens with two attached hydrogens (primary N) is 1. The second-order valence-electron chi connectivity index (χ2n) is 3.95. The maximum Gasteiger partial charge on any atom is 0.234 e. The van der Waals surface area contributed by atoms with Crippen molar-refractivity contribution in [3.8, 4) is 0 Å². The lowest BCUT2D eigenvalue weighted by molar-refractivity contribution is -0.113. The zero-order chi connectivity index (χ0) is 13.7. The minimum Gasteiger partial charge on any atom is -0.399 e. The zero-order valence-electron chi connectivity index (χ0n) is 10.5. The van der Waals surface area contributed by atoms with E-state index < -0.39 is 0 Å². The standard InChI is InChI=1S/C13H14N4OS/c1-9-2-3-10(14)6-11(9)17-12(18)8-19-13-7-15-4-5-16-13/h2-7H,8,14H2,1H3,(H,17,18). The molecule has 1 heterocycles. The summed E-state index contributed by atoms with van der Waals surface area (Å²) in [6.45, 7) is 1.92. The molecular formula is C13H14N4OS. The van der Waals surface area contributed by atoms with Crippen molar-refractivity contribution in [2.24, 2.45) is 0 Å². The summed E-state index contributed by atoms with van der Waals surface area (Å²) in [6, 6.07) is 5.43. The molecule has 6 heteroatoms. The summed E-state index contributed by atoms with van der Waals surface area (Å²) < 4.78 is 0. The first-order valence-corrected chi connectivity index (χ1v) is 6.68. The van der Waals surface area contributed by atoms with E-state index in [1.165, 1.54) is 11.8 Å². The predicted molar refractivity (Wildman–Crippen MR) is 77.0 cm³/mol. The number of amides is 1. The molecule has 0 saturated heterocycles. The first-order chi connectivity index (χ1) is 9.15. The fourth-order valence-electron chi connectivity index (χ4n) is 1.46. The molecule has 0 saturated carbocycles. The first-order valence-electron chi connectivity index (χ1n) is 5.70. The molecule has 3 N–H and O–H groups in total. The molecule has 0 spiro atoms. The Kier molecular flexibility index (Phi) is 4.35. The molecule has 1 aromatic heterocycles. The summed E-state index contributed by atoms with van der Waals surface area (Å²) in [6.07, 6.45) is 4.83. The molecule has 0 aliphatic carbocycles. The zero-order valence-corrected chi connectivity index (χ0v) is 11.3. The maximum atomic E-state index is 11.8. The normalized spacial score (nSPS) is 10.2. The number of hydrogen-bond donors (Lipinski definition) is 2. The van der Waals surface area contributed by atoms with Crippen molar-refractivity contribution in [1.29, 1.82) is 0 Å². The molecule has 0 aliphatic heterocycles. The average molecular weight is 274 g/mol. The largest absolute Gasteiger partial charge is 0.399 e. The van der Waals surface area contributed by atoms with Gasteiger partial charge in [-0.25, -0.2) is 4.98 Å². The van der Waals surface area contributed by atoms with E-state index in [1.807, 2.05) is 13.0 Å². The summed E-state index contributed by atoms with van der Waals surface area (Å²) in [5.74, 6) is 0.191. The van der Waals surface area contributed by atoms with Gasteiger partial charge in [-0.05, 0) is 24.6 Å². The Balaban J connectivity index is 1.93. The quantitative estimate of drug-likeness (QED) is 0.659. The van der Waals surface area contributed by atoms with E-state index in [9.17, 15) is 4.79 Å². The number of rotatable bonds is 4. The Bertz CT molecular complexity index is 574. The molecule has 0 atom stereocenters. The van der Waals surface area contributed by atoms with Gasteiger partial charge in [0, 0.05) is 23.8 Å². The Morgan fingerprint density at radius 3 is 3.00 bits per heavy atom. The van der Waals surface area contributed by atoms with E-state index in [1.54, 1.807) is 30.7 Å². The summed E-state index contributed by atoms with van der Waals surface area (Å²) in [5, 5.41) is 3.56. The summed E-state index contributed by atoms with van der Waals surface area (Å²) >= 11 is 1.34. The number of carbonyl (C=O) groups excluding carboxylic acids is 1. The van der Waals surface area contributed by atoms with Crippen molar-refractivity contribution in [2.75, 3.05) is 16.8 Å². The van der Waals surface area contributed by atoms with Gasteiger partial charge >= 0.3 is 0 Å². The van der Waals surface area contributed by atoms with Crippen molar-refractivity contribution >= 4 is 29.0 Å². The Labute approximate surface area is 115 Å². The van der Waals surface area contributed by atoms with E-state index in [0.717, 1.165) is 16.3 Å². The minimum atomic E-state index is -0.0932. The van der Waals surface area contributed by atoms with E-state index in [4.69, 9.17) is 5.73 Å². The van der Waals surface area contributed by atoms with Crippen LogP contribution in [-0.2, 0) is 4.79 Å². The number of aromatic nitrogens is 2. The smallest absolute Gasteiger partial charge is 0.234 e. The fourth-order valence-corrected chi connectivity index (χ4v) is 2.08. The fraction of sp³-hybridized carbons (Fsp3) is 0.154. The third kappa shape index (κ3) is 3.96. The summed E-state index contributed by atoms with van der Waals surface area (Å²) in [7, 11) is 0. The van der Waals surface area contributed by atoms with Crippen LogP contribution in [0.4, 0.5) is 11.4 Å². The lowest BCUT2D eigenvalue weighted by atomic mass is 10.2. The Morgan fingerprint density at radius 1 is 1.42 bits per heavy atom. The molecule has 1 amide bonds. The van der Waals surface area contributed by atoms with Gasteiger partial charge in [0.2, 0.25) is 5.91 Å². The first kappa shape index (κ1) is 13.4. The van der Waals surface area contributed by atoms with Crippen LogP contribution < -0.4 is 11.1 Å². The van der Waals surface area contributed by atoms with Crippen LogP contribution in [0.25, 0.3) is 0 Å². The minimum absolute atomic E-state index is 0.0932. The number of carbonyl (C=O) groups is 1. The second-order valence-corrected chi connectivity index (χ2v) is 4.95. The highest BCUT2D eigenvalue weighted by atomic mass is 32.2. The molecule has 98 valence electrons. The second kappa shape index (κ2) is 6.19. The van der Waals surface area contributed by atoms with Gasteiger partial charge in [-0.1, -0.05) is 17.8 Å². The number of nitrogen functional groups attached to an aromatic ring is 1. The van der Waals surface area contributed by atoms with Crippen molar-refractivity contribution in [1.82, 2.24) is 9.97 Å². The molecule has 5 nitrogen and oxygen atoms in total. The van der Waals surface area contributed by atoms with Gasteiger partial charge in [0.1, 0.15) is 5.03 Å². The van der Waals surface area contributed by atoms with Gasteiger partial charge in [-0.15, -0.1) is 0 Å². The predicted octanol–water partition coefficient (Wildman–Crippen LogP) is 2.10. The molecule has 2 rings (SSSR count). The highest BCUT2D eigenvalue weighted by molar-refractivity contribution is 7.99. The lowest BCUT2D eigenvalue weighted by Gasteiger charge is -2.08. The van der Waals surface area contributed by atoms with E-state index >= 15 is 0 Å². The third-order valence-corrected chi connectivity index (χ3v) is 3.34. The lowest BCUT2D eigenvalue weighted by Crippen LogP contribution is -2.15. The van der Waals surface area contributed by atoms with Crippen LogP contribution in [0.2, 0.25) is 0 Å². The molecule has 19 heavy (non-hydrogen) atoms. The molecule has 1 aromatic carbocycles. The van der Waals surface area contributed by atoms with Crippen LogP contribution in [0.15, 0.2) is 41.8 Å². The van der Waals surface area contributed by atoms with Crippen LogP contribution in [0.1, 0.15) is 5.56 Å². The Morgan fingerprint density at radius 2 is 2.26 bits per heavy atom. The van der Waals surface area contributed by atoms with Gasteiger partial charge in [0.15, 0.2) is 0 Å². The Hall–Kier alpha value is -2.08. The van der Waals surface area contributed by atoms with E-state index in [0.29, 0.717) is 5.69 Å². The van der Waals surface area contributed by atoms with Crippen LogP contribution in [0, 0.1) is 6.92 Å². The molecule has 0 aliphatic rings. The maximum absolute atomic E-state index is 11.8. The SMILES string of the molecule is Cc1ccc(N)cc1NC(=O)CSc1cnccn1. The number of nitrogens with one attached hydrogen (secondary N) is 1. The number of benzene rings is 1. The molecular weight excluding hydrogens is 260 g/mol. The van der Waals surface area contributed by atoms with Crippen LogP contribution in [0.3, 0.4) is 0 Å². The van der Waals surface area contributed by atoms with Crippen molar-refractivity contribution in [2.45, 2.75) is 11.9 Å². The van der Waals surface area contributed by atoms with Crippen LogP contribution >= 0.6 is 11.8 Å². The highest BCUT2D eigenvalue weighted by Crippen LogP contribution is 2.19. The number of anilines is 2. The number of thioether (sulfide) groups is 1. The number of aryl methyl sites for hydroxylation is 1. The molecule has 0 fully saturated rings. The number of hydrogen-bond acceptors (Lipinski definition) is 5. The van der Waals surface area contributed by atoms with Crippen molar-refractivity contribution in [3.63, 3.8) is 0 Å². The highest BCUT2D eigenvalue weighted by Gasteiger charge is 2.06. The molecule has 0 unspecified atom stereocenters. The average Bonchev–Trinajstić information content (AvgIpc) is 2.42. The topological polar surface area (TPSA) is 80.9 Å². The monoisotopic (exact) mass is 274 g/mol. The molecule has 2 aromatic rings. The molecule has 0 radical (unpaired) electrons. The van der Waals surface area contributed by atoms with Gasteiger partial charge in [0.25, 0.3) is 0 Å². The van der Waals surface area contributed by atoms with Gasteiger partial charge in [0.05, 0.1) is 11.9 Å². The van der Waals surface area contributed by atoms with Crippen molar-refractivity contribution in [3.05, 3.63) is 42.4 Å². The van der Waals surface area contributed by atoms with Crippen LogP contribution in [-0.4, -0.2) is 21.6 Å².